The molecule has 4 nitrogen and oxygen atoms in total. The molecular weight excluding hydrogens is 258 g/mol. The number of hydrogen-bond acceptors (Lipinski definition) is 4. The van der Waals surface area contributed by atoms with Gasteiger partial charge in [0, 0.05) is 26.3 Å². The van der Waals surface area contributed by atoms with Crippen LogP contribution in [-0.2, 0) is 9.16 Å². The van der Waals surface area contributed by atoms with E-state index in [1.165, 1.54) is 12.8 Å². The molecule has 1 unspecified atom stereocenters. The second-order valence-electron chi connectivity index (χ2n) is 6.28. The first kappa shape index (κ1) is 17.1. The quantitative estimate of drug-likeness (QED) is 0.521. The summed E-state index contributed by atoms with van der Waals surface area (Å²) in [6.45, 7) is 9.72. The summed E-state index contributed by atoms with van der Waals surface area (Å²) in [4.78, 5) is 2.36. The van der Waals surface area contributed by atoms with Crippen LogP contribution in [0, 0.1) is 0 Å². The van der Waals surface area contributed by atoms with Crippen LogP contribution in [0.15, 0.2) is 0 Å². The Bertz CT molecular complexity index is 251. The Balaban J connectivity index is 2.03. The van der Waals surface area contributed by atoms with Gasteiger partial charge in [0.1, 0.15) is 0 Å². The van der Waals surface area contributed by atoms with Crippen molar-refractivity contribution in [2.75, 3.05) is 33.4 Å². The zero-order chi connectivity index (χ0) is 14.3. The molecule has 0 bridgehead atoms. The van der Waals surface area contributed by atoms with Crippen molar-refractivity contribution in [2.45, 2.75) is 57.5 Å². The Hall–Kier alpha value is 0.0569. The number of β-amino-alcohol motifs (C(OH)–C–C–N with tert-alkyl or cyclic N) is 1. The number of likely N-dealkylation sites (tertiary alicyclic amines) is 1. The standard InChI is InChI=1S/C14H31NO3Si/c1-13-7-5-8-15(13)11-14(16)12-18-9-6-10-19(3,4)17-2/h13-14,16H,5-12H2,1-4H3/t13-,14?/m0/s1. The molecule has 1 aliphatic heterocycles. The molecule has 0 aliphatic carbocycles. The van der Waals surface area contributed by atoms with Gasteiger partial charge in [0.15, 0.2) is 8.32 Å². The molecular formula is C14H31NO3Si. The fourth-order valence-corrected chi connectivity index (χ4v) is 3.71. The fraction of sp³-hybridized carbons (Fsp3) is 1.00. The van der Waals surface area contributed by atoms with Gasteiger partial charge in [-0.25, -0.2) is 0 Å². The van der Waals surface area contributed by atoms with Crippen LogP contribution in [0.2, 0.25) is 19.1 Å². The third-order valence-electron chi connectivity index (χ3n) is 4.07. The van der Waals surface area contributed by atoms with E-state index in [2.05, 4.69) is 24.9 Å². The average molecular weight is 289 g/mol. The van der Waals surface area contributed by atoms with Crippen LogP contribution in [-0.4, -0.2) is 63.9 Å². The molecule has 0 amide bonds. The predicted octanol–water partition coefficient (Wildman–Crippen LogP) is 2.09. The summed E-state index contributed by atoms with van der Waals surface area (Å²) < 4.78 is 11.1. The summed E-state index contributed by atoms with van der Waals surface area (Å²) in [5.41, 5.74) is 0. The van der Waals surface area contributed by atoms with Gasteiger partial charge < -0.3 is 14.3 Å². The van der Waals surface area contributed by atoms with Crippen LogP contribution in [0.5, 0.6) is 0 Å². The molecule has 0 aromatic rings. The largest absolute Gasteiger partial charge is 0.420 e. The highest BCUT2D eigenvalue weighted by Crippen LogP contribution is 2.16. The summed E-state index contributed by atoms with van der Waals surface area (Å²) in [6, 6.07) is 1.73. The minimum atomic E-state index is -1.44. The van der Waals surface area contributed by atoms with Crippen molar-refractivity contribution in [2.24, 2.45) is 0 Å². The molecule has 0 spiro atoms. The van der Waals surface area contributed by atoms with Crippen molar-refractivity contribution in [3.8, 4) is 0 Å². The highest BCUT2D eigenvalue weighted by atomic mass is 28.4. The van der Waals surface area contributed by atoms with Gasteiger partial charge in [-0.2, -0.15) is 0 Å². The number of hydrogen-bond donors (Lipinski definition) is 1. The van der Waals surface area contributed by atoms with E-state index in [9.17, 15) is 5.11 Å². The van der Waals surface area contributed by atoms with Gasteiger partial charge in [-0.3, -0.25) is 4.90 Å². The second kappa shape index (κ2) is 8.37. The normalized spacial score (nSPS) is 22.9. The molecule has 1 heterocycles. The highest BCUT2D eigenvalue weighted by molar-refractivity contribution is 6.71. The van der Waals surface area contributed by atoms with Crippen LogP contribution in [0.4, 0.5) is 0 Å². The summed E-state index contributed by atoms with van der Waals surface area (Å²) in [6.07, 6.45) is 3.18. The van der Waals surface area contributed by atoms with E-state index in [-0.39, 0.29) is 6.10 Å². The molecule has 1 rings (SSSR count). The van der Waals surface area contributed by atoms with Crippen LogP contribution in [0.25, 0.3) is 0 Å². The van der Waals surface area contributed by atoms with Crippen molar-refractivity contribution in [1.82, 2.24) is 4.90 Å². The third kappa shape index (κ3) is 6.86. The molecule has 1 N–H and O–H groups in total. The molecule has 114 valence electrons. The maximum atomic E-state index is 9.95. The maximum absolute atomic E-state index is 9.95. The topological polar surface area (TPSA) is 41.9 Å². The van der Waals surface area contributed by atoms with Gasteiger partial charge >= 0.3 is 0 Å². The van der Waals surface area contributed by atoms with E-state index < -0.39 is 8.32 Å². The van der Waals surface area contributed by atoms with Gasteiger partial charge in [-0.15, -0.1) is 0 Å². The predicted molar refractivity (Wildman–Crippen MR) is 81.0 cm³/mol. The molecule has 0 aromatic heterocycles. The van der Waals surface area contributed by atoms with Crippen LogP contribution in [0.3, 0.4) is 0 Å². The Morgan fingerprint density at radius 3 is 2.74 bits per heavy atom. The third-order valence-corrected chi connectivity index (χ3v) is 6.73. The van der Waals surface area contributed by atoms with Crippen LogP contribution >= 0.6 is 0 Å². The molecule has 5 heteroatoms. The second-order valence-corrected chi connectivity index (χ2v) is 10.7. The summed E-state index contributed by atoms with van der Waals surface area (Å²) in [5.74, 6) is 0. The minimum Gasteiger partial charge on any atom is -0.420 e. The van der Waals surface area contributed by atoms with E-state index in [1.807, 2.05) is 0 Å². The first-order chi connectivity index (χ1) is 8.94. The van der Waals surface area contributed by atoms with Crippen LogP contribution < -0.4 is 0 Å². The van der Waals surface area contributed by atoms with E-state index >= 15 is 0 Å². The molecule has 1 aliphatic rings. The number of ether oxygens (including phenoxy) is 1. The molecule has 1 fully saturated rings. The highest BCUT2D eigenvalue weighted by Gasteiger charge is 2.22. The maximum Gasteiger partial charge on any atom is 0.186 e. The summed E-state index contributed by atoms with van der Waals surface area (Å²) in [5, 5.41) is 9.95. The lowest BCUT2D eigenvalue weighted by Gasteiger charge is -2.24. The number of aliphatic hydroxyl groups excluding tert-OH is 1. The van der Waals surface area contributed by atoms with Crippen molar-refractivity contribution in [3.05, 3.63) is 0 Å². The van der Waals surface area contributed by atoms with Gasteiger partial charge in [0.25, 0.3) is 0 Å². The molecule has 19 heavy (non-hydrogen) atoms. The smallest absolute Gasteiger partial charge is 0.186 e. The van der Waals surface area contributed by atoms with Gasteiger partial charge in [-0.05, 0) is 51.9 Å². The lowest BCUT2D eigenvalue weighted by Crippen LogP contribution is -2.37. The first-order valence-electron chi connectivity index (χ1n) is 7.49. The average Bonchev–Trinajstić information content (AvgIpc) is 2.74. The van der Waals surface area contributed by atoms with Crippen molar-refractivity contribution >= 4 is 8.32 Å². The molecule has 2 atom stereocenters. The zero-order valence-electron chi connectivity index (χ0n) is 13.0. The Morgan fingerprint density at radius 2 is 2.16 bits per heavy atom. The summed E-state index contributed by atoms with van der Waals surface area (Å²) >= 11 is 0. The van der Waals surface area contributed by atoms with E-state index in [4.69, 9.17) is 9.16 Å². The Kier molecular flexibility index (Phi) is 7.53. The van der Waals surface area contributed by atoms with Crippen molar-refractivity contribution < 1.29 is 14.3 Å². The van der Waals surface area contributed by atoms with Crippen molar-refractivity contribution in [3.63, 3.8) is 0 Å². The Labute approximate surface area is 119 Å². The lowest BCUT2D eigenvalue weighted by molar-refractivity contribution is 0.0156. The van der Waals surface area contributed by atoms with E-state index in [1.54, 1.807) is 7.11 Å². The molecule has 0 radical (unpaired) electrons. The SMILES string of the molecule is CO[Si](C)(C)CCCOCC(O)CN1CCC[C@@H]1C. The van der Waals surface area contributed by atoms with Crippen molar-refractivity contribution in [1.29, 1.82) is 0 Å². The Morgan fingerprint density at radius 1 is 1.42 bits per heavy atom. The first-order valence-corrected chi connectivity index (χ1v) is 10.6. The van der Waals surface area contributed by atoms with E-state index in [0.717, 1.165) is 32.2 Å². The van der Waals surface area contributed by atoms with Gasteiger partial charge in [-0.1, -0.05) is 0 Å². The number of aliphatic hydroxyl groups is 1. The lowest BCUT2D eigenvalue weighted by atomic mass is 10.2. The monoisotopic (exact) mass is 289 g/mol. The molecule has 0 saturated carbocycles. The van der Waals surface area contributed by atoms with Gasteiger partial charge in [0.05, 0.1) is 12.7 Å². The van der Waals surface area contributed by atoms with Gasteiger partial charge in [0.2, 0.25) is 0 Å². The summed E-state index contributed by atoms with van der Waals surface area (Å²) in [7, 11) is 0.356. The number of nitrogens with zero attached hydrogens (tertiary/aromatic N) is 1. The zero-order valence-corrected chi connectivity index (χ0v) is 14.0. The number of rotatable bonds is 9. The molecule has 1 saturated heterocycles. The minimum absolute atomic E-state index is 0.353. The molecule has 0 aromatic carbocycles. The van der Waals surface area contributed by atoms with E-state index in [0.29, 0.717) is 12.6 Å². The van der Waals surface area contributed by atoms with Crippen LogP contribution in [0.1, 0.15) is 26.2 Å². The fourth-order valence-electron chi connectivity index (χ4n) is 2.51.